The Morgan fingerprint density at radius 3 is 2.83 bits per heavy atom. The lowest BCUT2D eigenvalue weighted by Gasteiger charge is -2.23. The Morgan fingerprint density at radius 1 is 1.42 bits per heavy atom. The average Bonchev–Trinajstić information content (AvgIpc) is 2.30. The molecule has 3 nitrogen and oxygen atoms in total. The summed E-state index contributed by atoms with van der Waals surface area (Å²) >= 11 is 0. The zero-order chi connectivity index (χ0) is 8.97. The Hall–Kier alpha value is 0.0700. The molecule has 0 aromatic heterocycles. The van der Waals surface area contributed by atoms with E-state index in [1.54, 1.807) is 6.26 Å². The van der Waals surface area contributed by atoms with Crippen molar-refractivity contribution in [2.24, 2.45) is 0 Å². The predicted octanol–water partition coefficient (Wildman–Crippen LogP) is 0.354. The zero-order valence-corrected chi connectivity index (χ0v) is 8.69. The number of rotatable bonds is 2. The van der Waals surface area contributed by atoms with Crippen molar-refractivity contribution in [3.63, 3.8) is 0 Å². The van der Waals surface area contributed by atoms with Crippen molar-refractivity contribution in [2.45, 2.75) is 25.3 Å². The second-order valence-electron chi connectivity index (χ2n) is 3.30. The number of nitrogens with zero attached hydrogens (tertiary/aromatic N) is 1. The summed E-state index contributed by atoms with van der Waals surface area (Å²) in [6.07, 6.45) is 5.24. The molecule has 12 heavy (non-hydrogen) atoms. The van der Waals surface area contributed by atoms with Gasteiger partial charge in [0.2, 0.25) is 0 Å². The van der Waals surface area contributed by atoms with Gasteiger partial charge in [-0.2, -0.15) is 0 Å². The van der Waals surface area contributed by atoms with Crippen molar-refractivity contribution in [1.82, 2.24) is 9.62 Å². The number of nitrogens with one attached hydrogen (secondary N) is 1. The van der Waals surface area contributed by atoms with Crippen molar-refractivity contribution >= 4 is 11.0 Å². The fourth-order valence-corrected chi connectivity index (χ4v) is 2.20. The van der Waals surface area contributed by atoms with Crippen LogP contribution in [0.25, 0.3) is 0 Å². The van der Waals surface area contributed by atoms with Gasteiger partial charge in [0.1, 0.15) is 0 Å². The van der Waals surface area contributed by atoms with E-state index in [0.717, 1.165) is 19.5 Å². The maximum atomic E-state index is 11.2. The summed E-state index contributed by atoms with van der Waals surface area (Å²) < 4.78 is 13.2. The molecular formula is C8H18N2OS. The highest BCUT2D eigenvalue weighted by atomic mass is 32.2. The molecule has 1 aliphatic heterocycles. The molecule has 0 spiro atoms. The Balaban J connectivity index is 2.42. The van der Waals surface area contributed by atoms with Crippen molar-refractivity contribution in [3.05, 3.63) is 0 Å². The lowest BCUT2D eigenvalue weighted by atomic mass is 10.1. The Morgan fingerprint density at radius 2 is 2.17 bits per heavy atom. The van der Waals surface area contributed by atoms with Gasteiger partial charge in [0.15, 0.2) is 0 Å². The maximum Gasteiger partial charge on any atom is 0.0910 e. The van der Waals surface area contributed by atoms with Gasteiger partial charge in [-0.15, -0.1) is 0 Å². The summed E-state index contributed by atoms with van der Waals surface area (Å²) in [6.45, 7) is 2.17. The molecule has 1 N–H and O–H groups in total. The third kappa shape index (κ3) is 2.84. The van der Waals surface area contributed by atoms with E-state index in [0.29, 0.717) is 6.04 Å². The minimum atomic E-state index is -0.810. The fraction of sp³-hybridized carbons (Fsp3) is 1.00. The van der Waals surface area contributed by atoms with Crippen LogP contribution in [-0.4, -0.2) is 40.9 Å². The Kier molecular flexibility index (Phi) is 4.18. The predicted molar refractivity (Wildman–Crippen MR) is 52.3 cm³/mol. The van der Waals surface area contributed by atoms with Gasteiger partial charge in [0, 0.05) is 19.3 Å². The van der Waals surface area contributed by atoms with Crippen LogP contribution >= 0.6 is 0 Å². The van der Waals surface area contributed by atoms with Crippen molar-refractivity contribution < 1.29 is 4.21 Å². The first-order valence-electron chi connectivity index (χ1n) is 4.49. The molecule has 1 rings (SSSR count). The van der Waals surface area contributed by atoms with Gasteiger partial charge in [-0.25, -0.2) is 8.51 Å². The van der Waals surface area contributed by atoms with Gasteiger partial charge in [-0.05, 0) is 32.4 Å². The summed E-state index contributed by atoms with van der Waals surface area (Å²) in [5.74, 6) is 0. The highest BCUT2D eigenvalue weighted by molar-refractivity contribution is 7.81. The highest BCUT2D eigenvalue weighted by Crippen LogP contribution is 2.12. The molecular weight excluding hydrogens is 172 g/mol. The summed E-state index contributed by atoms with van der Waals surface area (Å²) in [4.78, 5) is 0. The molecule has 0 aliphatic carbocycles. The van der Waals surface area contributed by atoms with E-state index >= 15 is 0 Å². The molecule has 0 radical (unpaired) electrons. The van der Waals surface area contributed by atoms with E-state index in [4.69, 9.17) is 0 Å². The van der Waals surface area contributed by atoms with Crippen LogP contribution in [0.15, 0.2) is 0 Å². The summed E-state index contributed by atoms with van der Waals surface area (Å²) in [6, 6.07) is 0.505. The first-order chi connectivity index (χ1) is 5.72. The third-order valence-corrected chi connectivity index (χ3v) is 3.57. The first kappa shape index (κ1) is 10.2. The van der Waals surface area contributed by atoms with E-state index in [9.17, 15) is 4.21 Å². The van der Waals surface area contributed by atoms with Crippen LogP contribution in [0, 0.1) is 0 Å². The molecule has 72 valence electrons. The van der Waals surface area contributed by atoms with Gasteiger partial charge in [0.25, 0.3) is 0 Å². The monoisotopic (exact) mass is 190 g/mol. The molecule has 0 aromatic rings. The normalized spacial score (nSPS) is 28.4. The van der Waals surface area contributed by atoms with Crippen LogP contribution in [0.2, 0.25) is 0 Å². The average molecular weight is 190 g/mol. The largest absolute Gasteiger partial charge is 0.317 e. The van der Waals surface area contributed by atoms with Crippen molar-refractivity contribution in [3.8, 4) is 0 Å². The lowest BCUT2D eigenvalue weighted by molar-refractivity contribution is 0.361. The topological polar surface area (TPSA) is 32.3 Å². The van der Waals surface area contributed by atoms with Crippen LogP contribution in [0.3, 0.4) is 0 Å². The molecule has 4 heteroatoms. The van der Waals surface area contributed by atoms with E-state index in [-0.39, 0.29) is 0 Å². The highest BCUT2D eigenvalue weighted by Gasteiger charge is 2.18. The third-order valence-electron chi connectivity index (χ3n) is 2.47. The molecule has 2 atom stereocenters. The van der Waals surface area contributed by atoms with Crippen molar-refractivity contribution in [1.29, 1.82) is 0 Å². The standard InChI is InChI=1S/C8H18N2OS/c1-10(12(2)11)8-4-3-6-9-7-5-8/h8-9H,3-7H2,1-2H3. The van der Waals surface area contributed by atoms with Crippen LogP contribution < -0.4 is 5.32 Å². The van der Waals surface area contributed by atoms with Gasteiger partial charge in [0.05, 0.1) is 11.0 Å². The quantitative estimate of drug-likeness (QED) is 0.681. The van der Waals surface area contributed by atoms with Crippen molar-refractivity contribution in [2.75, 3.05) is 26.4 Å². The molecule has 0 saturated carbocycles. The number of hydrogen-bond acceptors (Lipinski definition) is 2. The summed E-state index contributed by atoms with van der Waals surface area (Å²) in [5, 5.41) is 3.35. The second-order valence-corrected chi connectivity index (χ2v) is 4.73. The zero-order valence-electron chi connectivity index (χ0n) is 7.88. The Bertz CT molecular complexity index is 155. The molecule has 2 unspecified atom stereocenters. The molecule has 1 saturated heterocycles. The molecule has 1 aliphatic rings. The SMILES string of the molecule is CN(C1CCCNCC1)S(C)=O. The minimum absolute atomic E-state index is 0.505. The maximum absolute atomic E-state index is 11.2. The van der Waals surface area contributed by atoms with Crippen LogP contribution in [0.5, 0.6) is 0 Å². The van der Waals surface area contributed by atoms with Gasteiger partial charge in [-0.1, -0.05) is 0 Å². The fourth-order valence-electron chi connectivity index (χ4n) is 1.57. The number of hydrogen-bond donors (Lipinski definition) is 1. The summed E-state index contributed by atoms with van der Waals surface area (Å²) in [5.41, 5.74) is 0. The van der Waals surface area contributed by atoms with E-state index < -0.39 is 11.0 Å². The second kappa shape index (κ2) is 4.94. The first-order valence-corrected chi connectivity index (χ1v) is 6.00. The van der Waals surface area contributed by atoms with Crippen LogP contribution in [0.1, 0.15) is 19.3 Å². The van der Waals surface area contributed by atoms with E-state index in [1.165, 1.54) is 12.8 Å². The van der Waals surface area contributed by atoms with Gasteiger partial charge < -0.3 is 5.32 Å². The molecule has 0 bridgehead atoms. The van der Waals surface area contributed by atoms with Gasteiger partial charge >= 0.3 is 0 Å². The lowest BCUT2D eigenvalue weighted by Crippen LogP contribution is -2.33. The molecule has 0 amide bonds. The minimum Gasteiger partial charge on any atom is -0.317 e. The van der Waals surface area contributed by atoms with E-state index in [2.05, 4.69) is 5.32 Å². The smallest absolute Gasteiger partial charge is 0.0910 e. The van der Waals surface area contributed by atoms with E-state index in [1.807, 2.05) is 11.4 Å². The molecule has 0 aromatic carbocycles. The van der Waals surface area contributed by atoms with Crippen LogP contribution in [-0.2, 0) is 11.0 Å². The Labute approximate surface area is 77.1 Å². The van der Waals surface area contributed by atoms with Gasteiger partial charge in [-0.3, -0.25) is 0 Å². The molecule has 1 fully saturated rings. The van der Waals surface area contributed by atoms with Crippen LogP contribution in [0.4, 0.5) is 0 Å². The summed E-state index contributed by atoms with van der Waals surface area (Å²) in [7, 11) is 1.14. The molecule has 1 heterocycles.